The highest BCUT2D eigenvalue weighted by Crippen LogP contribution is 2.49. The molecule has 2 aliphatic heterocycles. The van der Waals surface area contributed by atoms with Gasteiger partial charge in [0.1, 0.15) is 17.5 Å². The first-order chi connectivity index (χ1) is 13.4. The zero-order valence-electron chi connectivity index (χ0n) is 17.1. The van der Waals surface area contributed by atoms with E-state index >= 15 is 0 Å². The van der Waals surface area contributed by atoms with Crippen molar-refractivity contribution in [2.45, 2.75) is 77.7 Å². The fourth-order valence-electron chi connectivity index (χ4n) is 4.42. The standard InChI is InChI=1S/C23H30O5/c1-4-5-6-7-8-9-10-11-18(24)20-21-17-14-27-15(2)12-16(17)13-19(25)23(21,3)28-22(20)26/h12-14,20-21H,4-11H2,1-3H3/t20-,21-,23-/m0/s1. The summed E-state index contributed by atoms with van der Waals surface area (Å²) in [7, 11) is 0. The Bertz CT molecular complexity index is 757. The van der Waals surface area contributed by atoms with Crippen LogP contribution in [0.4, 0.5) is 0 Å². The lowest BCUT2D eigenvalue weighted by Gasteiger charge is -2.35. The van der Waals surface area contributed by atoms with Crippen molar-refractivity contribution in [3.05, 3.63) is 35.3 Å². The molecule has 152 valence electrons. The average molecular weight is 386 g/mol. The molecule has 0 aromatic rings. The molecule has 0 aromatic carbocycles. The smallest absolute Gasteiger partial charge is 0.318 e. The molecule has 0 bridgehead atoms. The molecule has 3 atom stereocenters. The van der Waals surface area contributed by atoms with E-state index in [4.69, 9.17) is 9.47 Å². The Balaban J connectivity index is 1.68. The normalized spacial score (nSPS) is 28.5. The third-order valence-corrected chi connectivity index (χ3v) is 6.04. The Morgan fingerprint density at radius 1 is 1.07 bits per heavy atom. The highest BCUT2D eigenvalue weighted by Gasteiger charge is 2.62. The predicted molar refractivity (Wildman–Crippen MR) is 105 cm³/mol. The summed E-state index contributed by atoms with van der Waals surface area (Å²) in [4.78, 5) is 38.2. The number of fused-ring (bicyclic) bond motifs is 3. The van der Waals surface area contributed by atoms with Crippen LogP contribution in [-0.2, 0) is 23.9 Å². The fraction of sp³-hybridized carbons (Fsp3) is 0.609. The molecule has 28 heavy (non-hydrogen) atoms. The van der Waals surface area contributed by atoms with Gasteiger partial charge in [-0.3, -0.25) is 14.4 Å². The van der Waals surface area contributed by atoms with Crippen LogP contribution in [0.3, 0.4) is 0 Å². The Morgan fingerprint density at radius 3 is 2.46 bits per heavy atom. The predicted octanol–water partition coefficient (Wildman–Crippen LogP) is 4.57. The minimum Gasteiger partial charge on any atom is -0.469 e. The number of hydrogen-bond acceptors (Lipinski definition) is 5. The van der Waals surface area contributed by atoms with E-state index < -0.39 is 23.4 Å². The average Bonchev–Trinajstić information content (AvgIpc) is 2.93. The minimum atomic E-state index is -1.32. The third-order valence-electron chi connectivity index (χ3n) is 6.04. The summed E-state index contributed by atoms with van der Waals surface area (Å²) in [5.41, 5.74) is 0.0923. The summed E-state index contributed by atoms with van der Waals surface area (Å²) in [5.74, 6) is -1.87. The van der Waals surface area contributed by atoms with Gasteiger partial charge in [-0.05, 0) is 38.0 Å². The summed E-state index contributed by atoms with van der Waals surface area (Å²) in [5, 5.41) is 0. The molecule has 0 unspecified atom stereocenters. The summed E-state index contributed by atoms with van der Waals surface area (Å²) >= 11 is 0. The van der Waals surface area contributed by atoms with Crippen LogP contribution in [0.5, 0.6) is 0 Å². The van der Waals surface area contributed by atoms with Gasteiger partial charge in [-0.15, -0.1) is 0 Å². The lowest BCUT2D eigenvalue weighted by Crippen LogP contribution is -2.46. The monoisotopic (exact) mass is 386 g/mol. The number of carbonyl (C=O) groups is 3. The van der Waals surface area contributed by atoms with Gasteiger partial charge in [0.2, 0.25) is 0 Å². The number of rotatable bonds is 9. The molecule has 3 aliphatic rings. The fourth-order valence-corrected chi connectivity index (χ4v) is 4.42. The molecular weight excluding hydrogens is 356 g/mol. The van der Waals surface area contributed by atoms with E-state index in [1.807, 2.05) is 0 Å². The Kier molecular flexibility index (Phi) is 6.21. The van der Waals surface area contributed by atoms with Gasteiger partial charge in [0, 0.05) is 12.0 Å². The van der Waals surface area contributed by atoms with E-state index in [2.05, 4.69) is 6.92 Å². The quantitative estimate of drug-likeness (QED) is 0.330. The van der Waals surface area contributed by atoms with Crippen LogP contribution in [0.2, 0.25) is 0 Å². The summed E-state index contributed by atoms with van der Waals surface area (Å²) in [6.45, 7) is 5.59. The van der Waals surface area contributed by atoms with Gasteiger partial charge in [-0.25, -0.2) is 0 Å². The van der Waals surface area contributed by atoms with Crippen molar-refractivity contribution in [3.63, 3.8) is 0 Å². The molecule has 0 amide bonds. The van der Waals surface area contributed by atoms with E-state index in [9.17, 15) is 14.4 Å². The van der Waals surface area contributed by atoms with E-state index in [-0.39, 0.29) is 11.6 Å². The van der Waals surface area contributed by atoms with E-state index in [0.29, 0.717) is 23.3 Å². The minimum absolute atomic E-state index is 0.131. The highest BCUT2D eigenvalue weighted by molar-refractivity contribution is 6.09. The molecule has 0 spiro atoms. The van der Waals surface area contributed by atoms with Gasteiger partial charge in [-0.1, -0.05) is 45.4 Å². The molecule has 0 saturated carbocycles. The van der Waals surface area contributed by atoms with Crippen LogP contribution >= 0.6 is 0 Å². The van der Waals surface area contributed by atoms with Crippen molar-refractivity contribution in [2.75, 3.05) is 0 Å². The molecule has 1 fully saturated rings. The van der Waals surface area contributed by atoms with Crippen molar-refractivity contribution in [3.8, 4) is 0 Å². The van der Waals surface area contributed by atoms with E-state index in [0.717, 1.165) is 19.3 Å². The first-order valence-corrected chi connectivity index (χ1v) is 10.5. The van der Waals surface area contributed by atoms with Crippen LogP contribution in [-0.4, -0.2) is 23.1 Å². The largest absolute Gasteiger partial charge is 0.469 e. The lowest BCUT2D eigenvalue weighted by atomic mass is 9.67. The van der Waals surface area contributed by atoms with Crippen molar-refractivity contribution in [2.24, 2.45) is 11.8 Å². The summed E-state index contributed by atoms with van der Waals surface area (Å²) in [6.07, 6.45) is 12.9. The number of hydrogen-bond donors (Lipinski definition) is 0. The molecular formula is C23H30O5. The number of Topliss-reactive ketones (excluding diaryl/α,β-unsaturated/α-hetero) is 1. The SMILES string of the molecule is CCCCCCCCCC(=O)[C@@H]1C(=O)O[C@@]2(C)C(=O)C=C3C=C(C)OC=C3[C@@H]12. The van der Waals surface area contributed by atoms with E-state index in [1.165, 1.54) is 31.8 Å². The van der Waals surface area contributed by atoms with E-state index in [1.54, 1.807) is 26.2 Å². The molecule has 0 radical (unpaired) electrons. The van der Waals surface area contributed by atoms with Gasteiger partial charge in [0.25, 0.3) is 0 Å². The number of allylic oxidation sites excluding steroid dienone is 3. The van der Waals surface area contributed by atoms with Crippen LogP contribution < -0.4 is 0 Å². The Morgan fingerprint density at radius 2 is 1.75 bits per heavy atom. The highest BCUT2D eigenvalue weighted by atomic mass is 16.6. The molecule has 1 aliphatic carbocycles. The molecule has 0 aromatic heterocycles. The first-order valence-electron chi connectivity index (χ1n) is 10.5. The van der Waals surface area contributed by atoms with Gasteiger partial charge >= 0.3 is 5.97 Å². The maximum absolute atomic E-state index is 12.9. The van der Waals surface area contributed by atoms with Crippen molar-refractivity contribution >= 4 is 17.5 Å². The zero-order chi connectivity index (χ0) is 20.3. The number of carbonyl (C=O) groups excluding carboxylic acids is 3. The summed E-state index contributed by atoms with van der Waals surface area (Å²) in [6, 6.07) is 0. The van der Waals surface area contributed by atoms with Gasteiger partial charge in [0.15, 0.2) is 11.4 Å². The maximum Gasteiger partial charge on any atom is 0.318 e. The third kappa shape index (κ3) is 3.85. The van der Waals surface area contributed by atoms with Crippen molar-refractivity contribution < 1.29 is 23.9 Å². The second-order valence-corrected chi connectivity index (χ2v) is 8.23. The molecule has 2 heterocycles. The first kappa shape index (κ1) is 20.6. The van der Waals surface area contributed by atoms with Crippen molar-refractivity contribution in [1.82, 2.24) is 0 Å². The van der Waals surface area contributed by atoms with Gasteiger partial charge < -0.3 is 9.47 Å². The van der Waals surface area contributed by atoms with Crippen LogP contribution in [0, 0.1) is 11.8 Å². The lowest BCUT2D eigenvalue weighted by molar-refractivity contribution is -0.156. The second-order valence-electron chi connectivity index (χ2n) is 8.23. The van der Waals surface area contributed by atoms with Gasteiger partial charge in [-0.2, -0.15) is 0 Å². The van der Waals surface area contributed by atoms with Crippen LogP contribution in [0.15, 0.2) is 35.3 Å². The zero-order valence-corrected chi connectivity index (χ0v) is 17.1. The molecule has 1 saturated heterocycles. The topological polar surface area (TPSA) is 69.7 Å². The molecule has 0 N–H and O–H groups in total. The van der Waals surface area contributed by atoms with Crippen LogP contribution in [0.1, 0.15) is 72.1 Å². The second kappa shape index (κ2) is 8.46. The number of ketones is 2. The maximum atomic E-state index is 12.9. The van der Waals surface area contributed by atoms with Crippen LogP contribution in [0.25, 0.3) is 0 Å². The Hall–Kier alpha value is -2.17. The molecule has 3 rings (SSSR count). The molecule has 5 heteroatoms. The number of unbranched alkanes of at least 4 members (excludes halogenated alkanes) is 6. The molecule has 5 nitrogen and oxygen atoms in total. The Labute approximate surface area is 166 Å². The summed E-state index contributed by atoms with van der Waals surface area (Å²) < 4.78 is 11.0. The number of esters is 1. The van der Waals surface area contributed by atoms with Gasteiger partial charge in [0.05, 0.1) is 12.2 Å². The number of ether oxygens (including phenoxy) is 2. The van der Waals surface area contributed by atoms with Crippen molar-refractivity contribution in [1.29, 1.82) is 0 Å².